The van der Waals surface area contributed by atoms with Gasteiger partial charge in [-0.2, -0.15) is 0 Å². The van der Waals surface area contributed by atoms with Gasteiger partial charge in [0.2, 0.25) is 0 Å². The van der Waals surface area contributed by atoms with Gasteiger partial charge in [0.25, 0.3) is 0 Å². The van der Waals surface area contributed by atoms with Gasteiger partial charge in [0.15, 0.2) is 0 Å². The van der Waals surface area contributed by atoms with Gasteiger partial charge >= 0.3 is 0 Å². The van der Waals surface area contributed by atoms with E-state index in [0.717, 1.165) is 5.92 Å². The van der Waals surface area contributed by atoms with E-state index in [4.69, 9.17) is 11.6 Å². The summed E-state index contributed by atoms with van der Waals surface area (Å²) in [5.41, 5.74) is 1.20. The number of hydrogen-bond donors (Lipinski definition) is 0. The van der Waals surface area contributed by atoms with Crippen LogP contribution in [0.25, 0.3) is 0 Å². The van der Waals surface area contributed by atoms with Crippen LogP contribution in [0.4, 0.5) is 0 Å². The highest BCUT2D eigenvalue weighted by molar-refractivity contribution is 7.99. The number of halogens is 1. The van der Waals surface area contributed by atoms with Crippen LogP contribution in [-0.2, 0) is 5.88 Å². The maximum Gasteiger partial charge on any atom is 0.0474 e. The highest BCUT2D eigenvalue weighted by Gasteiger charge is 1.97. The first-order chi connectivity index (χ1) is 7.22. The second kappa shape index (κ2) is 7.19. The molecule has 0 atom stereocenters. The first kappa shape index (κ1) is 12.9. The fourth-order valence-electron chi connectivity index (χ4n) is 1.36. The molecule has 1 aromatic rings. The number of alkyl halides is 1. The molecule has 0 saturated carbocycles. The van der Waals surface area contributed by atoms with E-state index < -0.39 is 0 Å². The van der Waals surface area contributed by atoms with Gasteiger partial charge in [0.1, 0.15) is 0 Å². The maximum atomic E-state index is 5.73. The first-order valence-corrected chi connectivity index (χ1v) is 7.02. The molecule has 0 radical (unpaired) electrons. The Morgan fingerprint density at radius 1 is 1.20 bits per heavy atom. The number of rotatable bonds is 6. The molecule has 0 fully saturated rings. The molecule has 1 rings (SSSR count). The Bertz CT molecular complexity index is 266. The Morgan fingerprint density at radius 3 is 2.40 bits per heavy atom. The van der Waals surface area contributed by atoms with Crippen molar-refractivity contribution >= 4 is 23.4 Å². The van der Waals surface area contributed by atoms with E-state index in [1.54, 1.807) is 0 Å². The summed E-state index contributed by atoms with van der Waals surface area (Å²) in [5, 5.41) is 0. The Hall–Kier alpha value is -0.140. The molecule has 0 nitrogen and oxygen atoms in total. The van der Waals surface area contributed by atoms with E-state index in [2.05, 4.69) is 38.1 Å². The van der Waals surface area contributed by atoms with E-state index >= 15 is 0 Å². The normalized spacial score (nSPS) is 10.9. The minimum absolute atomic E-state index is 0.609. The molecule has 0 bridgehead atoms. The van der Waals surface area contributed by atoms with Crippen molar-refractivity contribution < 1.29 is 0 Å². The van der Waals surface area contributed by atoms with Crippen LogP contribution in [0, 0.1) is 5.92 Å². The zero-order valence-electron chi connectivity index (χ0n) is 9.50. The predicted octanol–water partition coefficient (Wildman–Crippen LogP) is 4.95. The van der Waals surface area contributed by atoms with Gasteiger partial charge < -0.3 is 0 Å². The molecule has 0 aromatic heterocycles. The summed E-state index contributed by atoms with van der Waals surface area (Å²) in [6.45, 7) is 4.56. The smallest absolute Gasteiger partial charge is 0.0474 e. The second-order valence-corrected chi connectivity index (χ2v) is 5.60. The zero-order valence-corrected chi connectivity index (χ0v) is 11.1. The average molecular weight is 243 g/mol. The summed E-state index contributed by atoms with van der Waals surface area (Å²) in [6.07, 6.45) is 2.63. The van der Waals surface area contributed by atoms with Crippen LogP contribution in [0.15, 0.2) is 29.2 Å². The lowest BCUT2D eigenvalue weighted by molar-refractivity contribution is 0.579. The van der Waals surface area contributed by atoms with Crippen molar-refractivity contribution in [3.63, 3.8) is 0 Å². The van der Waals surface area contributed by atoms with Gasteiger partial charge in [-0.25, -0.2) is 0 Å². The van der Waals surface area contributed by atoms with Gasteiger partial charge in [-0.15, -0.1) is 23.4 Å². The van der Waals surface area contributed by atoms with E-state index in [1.165, 1.54) is 29.1 Å². The highest BCUT2D eigenvalue weighted by Crippen LogP contribution is 2.21. The second-order valence-electron chi connectivity index (χ2n) is 4.16. The molecule has 15 heavy (non-hydrogen) atoms. The van der Waals surface area contributed by atoms with Crippen molar-refractivity contribution in [3.8, 4) is 0 Å². The third kappa shape index (κ3) is 5.48. The molecule has 2 heteroatoms. The summed E-state index contributed by atoms with van der Waals surface area (Å²) in [5.74, 6) is 2.65. The third-order valence-electron chi connectivity index (χ3n) is 2.27. The summed E-state index contributed by atoms with van der Waals surface area (Å²) >= 11 is 7.67. The molecule has 0 aliphatic heterocycles. The van der Waals surface area contributed by atoms with E-state index in [1.807, 2.05) is 11.8 Å². The van der Waals surface area contributed by atoms with E-state index in [9.17, 15) is 0 Å². The quantitative estimate of drug-likeness (QED) is 0.386. The Labute approximate surface area is 102 Å². The lowest BCUT2D eigenvalue weighted by atomic mass is 10.1. The monoisotopic (exact) mass is 242 g/mol. The number of thioether (sulfide) groups is 1. The van der Waals surface area contributed by atoms with Crippen LogP contribution in [0.3, 0.4) is 0 Å². The number of hydrogen-bond acceptors (Lipinski definition) is 1. The van der Waals surface area contributed by atoms with Gasteiger partial charge in [-0.1, -0.05) is 32.4 Å². The average Bonchev–Trinajstić information content (AvgIpc) is 2.25. The van der Waals surface area contributed by atoms with Crippen molar-refractivity contribution in [2.24, 2.45) is 5.92 Å². The third-order valence-corrected chi connectivity index (χ3v) is 3.68. The molecule has 0 unspecified atom stereocenters. The summed E-state index contributed by atoms with van der Waals surface area (Å²) in [7, 11) is 0. The van der Waals surface area contributed by atoms with Crippen molar-refractivity contribution in [3.05, 3.63) is 29.8 Å². The standard InChI is InChI=1S/C13H19ClS/c1-11(2)4-3-9-15-13-7-5-12(10-14)6-8-13/h5-8,11H,3-4,9-10H2,1-2H3. The van der Waals surface area contributed by atoms with Crippen molar-refractivity contribution in [1.29, 1.82) is 0 Å². The molecule has 0 saturated heterocycles. The molecule has 1 aromatic carbocycles. The van der Waals surface area contributed by atoms with Crippen LogP contribution in [0.2, 0.25) is 0 Å². The largest absolute Gasteiger partial charge is 0.126 e. The molecule has 0 heterocycles. The van der Waals surface area contributed by atoms with Crippen LogP contribution in [-0.4, -0.2) is 5.75 Å². The Morgan fingerprint density at radius 2 is 1.87 bits per heavy atom. The molecule has 84 valence electrons. The van der Waals surface area contributed by atoms with Gasteiger partial charge in [-0.05, 0) is 35.8 Å². The molecule has 0 aliphatic rings. The van der Waals surface area contributed by atoms with Crippen LogP contribution < -0.4 is 0 Å². The maximum absolute atomic E-state index is 5.73. The van der Waals surface area contributed by atoms with Crippen molar-refractivity contribution in [1.82, 2.24) is 0 Å². The molecular weight excluding hydrogens is 224 g/mol. The van der Waals surface area contributed by atoms with E-state index in [0.29, 0.717) is 5.88 Å². The Kier molecular flexibility index (Phi) is 6.19. The van der Waals surface area contributed by atoms with Gasteiger partial charge in [0.05, 0.1) is 0 Å². The molecular formula is C13H19ClS. The summed E-state index contributed by atoms with van der Waals surface area (Å²) in [6, 6.07) is 8.55. The number of benzene rings is 1. The van der Waals surface area contributed by atoms with Gasteiger partial charge in [0, 0.05) is 10.8 Å². The molecule has 0 spiro atoms. The summed E-state index contributed by atoms with van der Waals surface area (Å²) < 4.78 is 0. The first-order valence-electron chi connectivity index (χ1n) is 5.50. The fraction of sp³-hybridized carbons (Fsp3) is 0.538. The highest BCUT2D eigenvalue weighted by atomic mass is 35.5. The van der Waals surface area contributed by atoms with Crippen molar-refractivity contribution in [2.45, 2.75) is 37.5 Å². The molecule has 0 N–H and O–H groups in total. The summed E-state index contributed by atoms with van der Waals surface area (Å²) in [4.78, 5) is 1.35. The SMILES string of the molecule is CC(C)CCCSc1ccc(CCl)cc1. The van der Waals surface area contributed by atoms with Crippen molar-refractivity contribution in [2.75, 3.05) is 5.75 Å². The van der Waals surface area contributed by atoms with Crippen LogP contribution >= 0.6 is 23.4 Å². The van der Waals surface area contributed by atoms with Crippen LogP contribution in [0.5, 0.6) is 0 Å². The van der Waals surface area contributed by atoms with Gasteiger partial charge in [-0.3, -0.25) is 0 Å². The lowest BCUT2D eigenvalue weighted by Crippen LogP contribution is -1.88. The fourth-order valence-corrected chi connectivity index (χ4v) is 2.41. The van der Waals surface area contributed by atoms with Crippen LogP contribution in [0.1, 0.15) is 32.3 Å². The zero-order chi connectivity index (χ0) is 11.1. The predicted molar refractivity (Wildman–Crippen MR) is 70.8 cm³/mol. The van der Waals surface area contributed by atoms with E-state index in [-0.39, 0.29) is 0 Å². The minimum Gasteiger partial charge on any atom is -0.126 e. The minimum atomic E-state index is 0.609. The molecule has 0 amide bonds. The molecule has 0 aliphatic carbocycles. The Balaban J connectivity index is 2.25. The lowest BCUT2D eigenvalue weighted by Gasteiger charge is -2.04. The topological polar surface area (TPSA) is 0 Å².